The Labute approximate surface area is 165 Å². The van der Waals surface area contributed by atoms with Crippen molar-refractivity contribution in [1.29, 1.82) is 0 Å². The number of unbranched alkanes of at least 4 members (excludes halogenated alkanes) is 5. The molecule has 0 N–H and O–H groups in total. The monoisotopic (exact) mass is 384 g/mol. The van der Waals surface area contributed by atoms with Crippen LogP contribution in [0.15, 0.2) is 0 Å². The first-order valence-corrected chi connectivity index (χ1v) is 10.4. The molecular formula is C22H40O5. The fourth-order valence-electron chi connectivity index (χ4n) is 2.74. The van der Waals surface area contributed by atoms with E-state index in [0.29, 0.717) is 0 Å². The number of hydrogen-bond acceptors (Lipinski definition) is 5. The highest BCUT2D eigenvalue weighted by Crippen LogP contribution is 2.26. The van der Waals surface area contributed by atoms with Crippen LogP contribution in [0.25, 0.3) is 0 Å². The molecule has 0 fully saturated rings. The van der Waals surface area contributed by atoms with Gasteiger partial charge in [-0.15, -0.1) is 0 Å². The predicted molar refractivity (Wildman–Crippen MR) is 107 cm³/mol. The molecule has 0 atom stereocenters. The molecule has 0 saturated heterocycles. The van der Waals surface area contributed by atoms with E-state index < -0.39 is 16.6 Å². The first-order chi connectivity index (χ1) is 12.6. The molecule has 0 aliphatic rings. The lowest BCUT2D eigenvalue weighted by atomic mass is 9.87. The van der Waals surface area contributed by atoms with Gasteiger partial charge in [0.2, 0.25) is 5.78 Å². The molecule has 0 bridgehead atoms. The summed E-state index contributed by atoms with van der Waals surface area (Å²) in [6, 6.07) is 0. The van der Waals surface area contributed by atoms with Crippen molar-refractivity contribution in [3.63, 3.8) is 0 Å². The fourth-order valence-corrected chi connectivity index (χ4v) is 2.74. The highest BCUT2D eigenvalue weighted by Gasteiger charge is 2.31. The maximum Gasteiger partial charge on any atom is 0.311 e. The second kappa shape index (κ2) is 12.9. The molecule has 5 nitrogen and oxygen atoms in total. The van der Waals surface area contributed by atoms with E-state index in [0.717, 1.165) is 57.8 Å². The van der Waals surface area contributed by atoms with Crippen molar-refractivity contribution >= 4 is 17.7 Å². The Kier molecular flexibility index (Phi) is 12.2. The first-order valence-electron chi connectivity index (χ1n) is 10.4. The molecule has 0 amide bonds. The number of carbonyl (C=O) groups is 3. The number of rotatable bonds is 15. The average molecular weight is 385 g/mol. The van der Waals surface area contributed by atoms with E-state index in [-0.39, 0.29) is 25.2 Å². The molecule has 5 heteroatoms. The van der Waals surface area contributed by atoms with Crippen LogP contribution in [0.3, 0.4) is 0 Å². The van der Waals surface area contributed by atoms with Crippen LogP contribution in [0.1, 0.15) is 99.3 Å². The van der Waals surface area contributed by atoms with E-state index in [9.17, 15) is 14.4 Å². The van der Waals surface area contributed by atoms with Gasteiger partial charge in [0.1, 0.15) is 0 Å². The third-order valence-electron chi connectivity index (χ3n) is 4.89. The summed E-state index contributed by atoms with van der Waals surface area (Å²) in [6.07, 6.45) is 8.94. The average Bonchev–Trinajstić information content (AvgIpc) is 2.61. The van der Waals surface area contributed by atoms with Gasteiger partial charge in [0, 0.05) is 0 Å². The predicted octanol–water partition coefficient (Wildman–Crippen LogP) is 5.25. The van der Waals surface area contributed by atoms with Crippen molar-refractivity contribution in [2.75, 3.05) is 13.2 Å². The van der Waals surface area contributed by atoms with Gasteiger partial charge >= 0.3 is 11.9 Å². The lowest BCUT2D eigenvalue weighted by molar-refractivity contribution is -0.162. The van der Waals surface area contributed by atoms with Crippen LogP contribution in [-0.4, -0.2) is 30.9 Å². The van der Waals surface area contributed by atoms with Crippen LogP contribution < -0.4 is 0 Å². The number of esters is 2. The van der Waals surface area contributed by atoms with Gasteiger partial charge in [-0.1, -0.05) is 58.8 Å². The fraction of sp³-hybridized carbons (Fsp3) is 0.864. The Morgan fingerprint density at radius 3 is 1.41 bits per heavy atom. The molecular weight excluding hydrogens is 344 g/mol. The van der Waals surface area contributed by atoms with Crippen molar-refractivity contribution in [3.8, 4) is 0 Å². The zero-order valence-corrected chi connectivity index (χ0v) is 18.3. The van der Waals surface area contributed by atoms with Crippen molar-refractivity contribution in [2.45, 2.75) is 99.3 Å². The van der Waals surface area contributed by atoms with Crippen molar-refractivity contribution in [2.24, 2.45) is 10.8 Å². The normalized spacial score (nSPS) is 11.9. The molecule has 0 aromatic carbocycles. The van der Waals surface area contributed by atoms with Crippen LogP contribution in [-0.2, 0) is 23.9 Å². The summed E-state index contributed by atoms with van der Waals surface area (Å²) < 4.78 is 10.3. The quantitative estimate of drug-likeness (QED) is 0.285. The van der Waals surface area contributed by atoms with Gasteiger partial charge in [0.15, 0.2) is 13.2 Å². The number of Topliss-reactive ketones (excluding diaryl/α,β-unsaturated/α-hetero) is 1. The number of ether oxygens (including phenoxy) is 2. The van der Waals surface area contributed by atoms with E-state index >= 15 is 0 Å². The second-order valence-electron chi connectivity index (χ2n) is 8.73. The molecule has 0 aromatic rings. The summed E-state index contributed by atoms with van der Waals surface area (Å²) in [7, 11) is 0. The van der Waals surface area contributed by atoms with Crippen LogP contribution in [0.4, 0.5) is 0 Å². The summed E-state index contributed by atoms with van der Waals surface area (Å²) in [4.78, 5) is 36.3. The van der Waals surface area contributed by atoms with Gasteiger partial charge in [-0.3, -0.25) is 14.4 Å². The van der Waals surface area contributed by atoms with E-state index in [1.165, 1.54) is 0 Å². The molecule has 0 aliphatic carbocycles. The first kappa shape index (κ1) is 25.6. The number of hydrogen-bond donors (Lipinski definition) is 0. The van der Waals surface area contributed by atoms with Crippen LogP contribution in [0.2, 0.25) is 0 Å². The van der Waals surface area contributed by atoms with E-state index in [1.807, 2.05) is 27.7 Å². The van der Waals surface area contributed by atoms with Gasteiger partial charge in [0.05, 0.1) is 10.8 Å². The van der Waals surface area contributed by atoms with Crippen molar-refractivity contribution < 1.29 is 23.9 Å². The zero-order valence-electron chi connectivity index (χ0n) is 18.3. The summed E-state index contributed by atoms with van der Waals surface area (Å²) in [5, 5.41) is 0. The molecule has 0 heterocycles. The Morgan fingerprint density at radius 1 is 0.630 bits per heavy atom. The zero-order chi connectivity index (χ0) is 20.9. The number of ketones is 1. The number of carbonyl (C=O) groups excluding carboxylic acids is 3. The largest absolute Gasteiger partial charge is 0.457 e. The summed E-state index contributed by atoms with van der Waals surface area (Å²) in [5.74, 6) is -1.16. The second-order valence-corrected chi connectivity index (χ2v) is 8.73. The Bertz CT molecular complexity index is 465. The smallest absolute Gasteiger partial charge is 0.311 e. The van der Waals surface area contributed by atoms with Crippen molar-refractivity contribution in [1.82, 2.24) is 0 Å². The lowest BCUT2D eigenvalue weighted by Crippen LogP contribution is -2.32. The van der Waals surface area contributed by atoms with Crippen LogP contribution in [0, 0.1) is 10.8 Å². The SMILES string of the molecule is CCCCCCC(C)(C)C(=O)OCC(=O)COC(=O)C(C)(C)CCCCC. The molecule has 158 valence electrons. The van der Waals surface area contributed by atoms with Gasteiger partial charge in [-0.2, -0.15) is 0 Å². The van der Waals surface area contributed by atoms with Gasteiger partial charge in [-0.25, -0.2) is 0 Å². The van der Waals surface area contributed by atoms with Gasteiger partial charge in [-0.05, 0) is 40.5 Å². The molecule has 0 spiro atoms. The summed E-state index contributed by atoms with van der Waals surface area (Å²) in [5.41, 5.74) is -1.21. The Hall–Kier alpha value is -1.39. The van der Waals surface area contributed by atoms with E-state index in [2.05, 4.69) is 13.8 Å². The Balaban J connectivity index is 4.20. The third kappa shape index (κ3) is 11.1. The van der Waals surface area contributed by atoms with E-state index in [4.69, 9.17) is 9.47 Å². The molecule has 27 heavy (non-hydrogen) atoms. The van der Waals surface area contributed by atoms with E-state index in [1.54, 1.807) is 0 Å². The minimum atomic E-state index is -0.605. The molecule has 0 unspecified atom stereocenters. The lowest BCUT2D eigenvalue weighted by Gasteiger charge is -2.23. The van der Waals surface area contributed by atoms with Gasteiger partial charge in [0.25, 0.3) is 0 Å². The maximum absolute atomic E-state index is 12.2. The van der Waals surface area contributed by atoms with Crippen LogP contribution >= 0.6 is 0 Å². The molecule has 0 saturated carbocycles. The maximum atomic E-state index is 12.2. The third-order valence-corrected chi connectivity index (χ3v) is 4.89. The Morgan fingerprint density at radius 2 is 1.00 bits per heavy atom. The molecule has 0 aliphatic heterocycles. The van der Waals surface area contributed by atoms with Crippen molar-refractivity contribution in [3.05, 3.63) is 0 Å². The molecule has 0 rings (SSSR count). The summed E-state index contributed by atoms with van der Waals surface area (Å²) in [6.45, 7) is 10.9. The van der Waals surface area contributed by atoms with Gasteiger partial charge < -0.3 is 9.47 Å². The highest BCUT2D eigenvalue weighted by atomic mass is 16.6. The highest BCUT2D eigenvalue weighted by molar-refractivity contribution is 5.86. The summed E-state index contributed by atoms with van der Waals surface area (Å²) >= 11 is 0. The topological polar surface area (TPSA) is 69.7 Å². The molecule has 0 aromatic heterocycles. The molecule has 0 radical (unpaired) electrons. The minimum absolute atomic E-state index is 0.346. The minimum Gasteiger partial charge on any atom is -0.457 e. The van der Waals surface area contributed by atoms with Crippen LogP contribution in [0.5, 0.6) is 0 Å². The standard InChI is InChI=1S/C22H40O5/c1-7-9-11-13-15-22(5,6)20(25)27-17-18(23)16-26-19(24)21(3,4)14-12-10-8-2/h7-17H2,1-6H3.